The highest BCUT2D eigenvalue weighted by Crippen LogP contribution is 2.18. The van der Waals surface area contributed by atoms with Crippen LogP contribution in [0.2, 0.25) is 0 Å². The van der Waals surface area contributed by atoms with Crippen molar-refractivity contribution >= 4 is 28.6 Å². The molecule has 0 spiro atoms. The van der Waals surface area contributed by atoms with Gasteiger partial charge < -0.3 is 23.9 Å². The van der Waals surface area contributed by atoms with Gasteiger partial charge in [0.2, 0.25) is 0 Å². The van der Waals surface area contributed by atoms with Crippen molar-refractivity contribution in [2.75, 3.05) is 26.2 Å². The van der Waals surface area contributed by atoms with E-state index in [1.807, 2.05) is 43.4 Å². The molecule has 1 N–H and O–H groups in total. The normalized spacial score (nSPS) is 15.1. The van der Waals surface area contributed by atoms with Crippen LogP contribution in [-0.4, -0.2) is 63.0 Å². The highest BCUT2D eigenvalue weighted by Gasteiger charge is 2.28. The molecule has 3 heterocycles. The van der Waals surface area contributed by atoms with Gasteiger partial charge in [0.25, 0.3) is 11.5 Å². The summed E-state index contributed by atoms with van der Waals surface area (Å²) in [4.78, 5) is 43.6. The Morgan fingerprint density at radius 1 is 1.03 bits per heavy atom. The van der Waals surface area contributed by atoms with Crippen LogP contribution in [0.4, 0.5) is 4.79 Å². The smallest absolute Gasteiger partial charge is 0.410 e. The van der Waals surface area contributed by atoms with Crippen LogP contribution in [-0.2, 0) is 4.74 Å². The van der Waals surface area contributed by atoms with Crippen molar-refractivity contribution in [2.24, 2.45) is 0 Å². The monoisotopic (exact) mass is 396 g/mol. The Kier molecular flexibility index (Phi) is 4.56. The number of piperazine rings is 1. The maximum atomic E-state index is 13.0. The van der Waals surface area contributed by atoms with Gasteiger partial charge in [-0.05, 0) is 39.0 Å². The van der Waals surface area contributed by atoms with E-state index < -0.39 is 5.60 Å². The van der Waals surface area contributed by atoms with Gasteiger partial charge in [-0.25, -0.2) is 4.79 Å². The molecular formula is C21H24N4O4. The van der Waals surface area contributed by atoms with Crippen LogP contribution in [0.3, 0.4) is 0 Å². The summed E-state index contributed by atoms with van der Waals surface area (Å²) in [5.74, 6) is -0.123. The van der Waals surface area contributed by atoms with Gasteiger partial charge in [-0.2, -0.15) is 0 Å². The van der Waals surface area contributed by atoms with Crippen molar-refractivity contribution in [1.29, 1.82) is 0 Å². The quantitative estimate of drug-likeness (QED) is 0.685. The number of carbonyl (C=O) groups excluding carboxylic acids is 2. The second-order valence-electron chi connectivity index (χ2n) is 8.21. The highest BCUT2D eigenvalue weighted by atomic mass is 16.6. The zero-order valence-corrected chi connectivity index (χ0v) is 16.8. The number of para-hydroxylation sites is 1. The molecule has 8 heteroatoms. The van der Waals surface area contributed by atoms with Crippen LogP contribution < -0.4 is 5.56 Å². The fourth-order valence-corrected chi connectivity index (χ4v) is 3.54. The predicted molar refractivity (Wildman–Crippen MR) is 109 cm³/mol. The minimum Gasteiger partial charge on any atom is -0.444 e. The predicted octanol–water partition coefficient (Wildman–Crippen LogP) is 2.47. The van der Waals surface area contributed by atoms with Gasteiger partial charge in [0.15, 0.2) is 0 Å². The molecule has 29 heavy (non-hydrogen) atoms. The minimum atomic E-state index is -0.545. The molecule has 3 aromatic rings. The molecule has 0 unspecified atom stereocenters. The van der Waals surface area contributed by atoms with Crippen molar-refractivity contribution in [3.8, 4) is 0 Å². The maximum absolute atomic E-state index is 13.0. The number of nitrogens with zero attached hydrogens (tertiary/aromatic N) is 3. The van der Waals surface area contributed by atoms with Crippen LogP contribution in [0.5, 0.6) is 0 Å². The molecule has 2 aromatic heterocycles. The molecular weight excluding hydrogens is 372 g/mol. The molecule has 0 aliphatic carbocycles. The number of H-pyrrole nitrogens is 1. The number of aromatic amines is 1. The van der Waals surface area contributed by atoms with E-state index in [2.05, 4.69) is 4.98 Å². The van der Waals surface area contributed by atoms with E-state index in [0.29, 0.717) is 42.8 Å². The van der Waals surface area contributed by atoms with E-state index in [9.17, 15) is 14.4 Å². The number of benzene rings is 1. The number of ether oxygens (including phenoxy) is 1. The Morgan fingerprint density at radius 2 is 1.69 bits per heavy atom. The van der Waals surface area contributed by atoms with Crippen LogP contribution in [0.25, 0.3) is 16.6 Å². The first-order chi connectivity index (χ1) is 13.7. The third-order valence-electron chi connectivity index (χ3n) is 4.94. The zero-order valence-electron chi connectivity index (χ0n) is 16.8. The minimum absolute atomic E-state index is 0.123. The fraction of sp³-hybridized carbons (Fsp3) is 0.381. The lowest BCUT2D eigenvalue weighted by molar-refractivity contribution is 0.0141. The molecule has 2 amide bonds. The molecule has 152 valence electrons. The number of hydrogen-bond donors (Lipinski definition) is 1. The summed E-state index contributed by atoms with van der Waals surface area (Å²) >= 11 is 0. The molecule has 1 saturated heterocycles. The van der Waals surface area contributed by atoms with Gasteiger partial charge >= 0.3 is 6.09 Å². The van der Waals surface area contributed by atoms with Gasteiger partial charge in [0.1, 0.15) is 11.2 Å². The van der Waals surface area contributed by atoms with Crippen molar-refractivity contribution in [2.45, 2.75) is 26.4 Å². The summed E-state index contributed by atoms with van der Waals surface area (Å²) in [5, 5.41) is 0.570. The van der Waals surface area contributed by atoms with Gasteiger partial charge in [-0.3, -0.25) is 9.59 Å². The lowest BCUT2D eigenvalue weighted by Gasteiger charge is -2.35. The Hall–Kier alpha value is -3.29. The van der Waals surface area contributed by atoms with Crippen molar-refractivity contribution in [1.82, 2.24) is 19.2 Å². The Morgan fingerprint density at radius 3 is 2.38 bits per heavy atom. The maximum Gasteiger partial charge on any atom is 0.410 e. The van der Waals surface area contributed by atoms with Crippen molar-refractivity contribution < 1.29 is 14.3 Å². The molecule has 4 rings (SSSR count). The van der Waals surface area contributed by atoms with Crippen molar-refractivity contribution in [3.63, 3.8) is 0 Å². The lowest BCUT2D eigenvalue weighted by Crippen LogP contribution is -2.51. The number of rotatable bonds is 1. The SMILES string of the molecule is CC(C)(C)OC(=O)N1CCN(C(=O)c2cc3[nH]c(=O)c4ccccc4n3c2)CC1. The Bertz CT molecular complexity index is 1150. The molecule has 8 nitrogen and oxygen atoms in total. The summed E-state index contributed by atoms with van der Waals surface area (Å²) in [7, 11) is 0. The molecule has 1 aromatic carbocycles. The number of nitrogens with one attached hydrogen (secondary N) is 1. The van der Waals surface area contributed by atoms with Gasteiger partial charge in [-0.1, -0.05) is 12.1 Å². The molecule has 0 bridgehead atoms. The average molecular weight is 396 g/mol. The van der Waals surface area contributed by atoms with Crippen LogP contribution in [0.1, 0.15) is 31.1 Å². The van der Waals surface area contributed by atoms with Crippen LogP contribution in [0.15, 0.2) is 41.3 Å². The number of amides is 2. The van der Waals surface area contributed by atoms with Crippen LogP contribution >= 0.6 is 0 Å². The standard InChI is InChI=1S/C21H24N4O4/c1-21(2,3)29-20(28)24-10-8-23(9-11-24)19(27)14-12-17-22-18(26)15-6-4-5-7-16(15)25(17)13-14/h4-7,12-13H,8-11H2,1-3H3,(H,22,26). The van der Waals surface area contributed by atoms with E-state index in [4.69, 9.17) is 4.74 Å². The second-order valence-corrected chi connectivity index (χ2v) is 8.21. The first-order valence-corrected chi connectivity index (χ1v) is 9.63. The van der Waals surface area contributed by atoms with Crippen LogP contribution in [0, 0.1) is 0 Å². The largest absolute Gasteiger partial charge is 0.444 e. The first kappa shape index (κ1) is 19.0. The number of hydrogen-bond acceptors (Lipinski definition) is 4. The molecule has 1 aliphatic heterocycles. The zero-order chi connectivity index (χ0) is 20.8. The summed E-state index contributed by atoms with van der Waals surface area (Å²) in [6, 6.07) is 8.97. The van der Waals surface area contributed by atoms with E-state index >= 15 is 0 Å². The summed E-state index contributed by atoms with van der Waals surface area (Å²) in [6.07, 6.45) is 1.39. The van der Waals surface area contributed by atoms with Gasteiger partial charge in [-0.15, -0.1) is 0 Å². The number of fused-ring (bicyclic) bond motifs is 3. The molecule has 0 radical (unpaired) electrons. The topological polar surface area (TPSA) is 87.1 Å². The highest BCUT2D eigenvalue weighted by molar-refractivity contribution is 5.96. The van der Waals surface area contributed by atoms with E-state index in [1.165, 1.54) is 0 Å². The third-order valence-corrected chi connectivity index (χ3v) is 4.94. The first-order valence-electron chi connectivity index (χ1n) is 9.63. The fourth-order valence-electron chi connectivity index (χ4n) is 3.54. The van der Waals surface area contributed by atoms with Gasteiger partial charge in [0.05, 0.1) is 16.5 Å². The Balaban J connectivity index is 1.52. The van der Waals surface area contributed by atoms with E-state index in [-0.39, 0.29) is 17.6 Å². The average Bonchev–Trinajstić information content (AvgIpc) is 3.10. The molecule has 1 aliphatic rings. The van der Waals surface area contributed by atoms with E-state index in [1.54, 1.807) is 28.1 Å². The summed E-state index contributed by atoms with van der Waals surface area (Å²) in [6.45, 7) is 7.20. The van der Waals surface area contributed by atoms with Gasteiger partial charge in [0, 0.05) is 32.4 Å². The van der Waals surface area contributed by atoms with E-state index in [0.717, 1.165) is 5.52 Å². The summed E-state index contributed by atoms with van der Waals surface area (Å²) < 4.78 is 7.22. The number of aromatic nitrogens is 2. The molecule has 0 saturated carbocycles. The van der Waals surface area contributed by atoms with Crippen molar-refractivity contribution in [3.05, 3.63) is 52.4 Å². The second kappa shape index (κ2) is 6.95. The number of carbonyl (C=O) groups is 2. The molecule has 0 atom stereocenters. The molecule has 1 fully saturated rings. The summed E-state index contributed by atoms with van der Waals surface area (Å²) in [5.41, 5.74) is 1.10. The lowest BCUT2D eigenvalue weighted by atomic mass is 10.2. The Labute approximate surface area is 167 Å². The third kappa shape index (κ3) is 3.70.